The predicted octanol–water partition coefficient (Wildman–Crippen LogP) is 3.69. The molecule has 0 N–H and O–H groups in total. The topological polar surface area (TPSA) is 92.9 Å². The van der Waals surface area contributed by atoms with Gasteiger partial charge in [0.15, 0.2) is 0 Å². The van der Waals surface area contributed by atoms with Gasteiger partial charge in [0.2, 0.25) is 0 Å². The molecule has 130 valence electrons. The lowest BCUT2D eigenvalue weighted by Gasteiger charge is -2.23. The maximum absolute atomic E-state index is 12.8. The van der Waals surface area contributed by atoms with Crippen LogP contribution in [-0.4, -0.2) is 28.0 Å². The number of nitro benzene ring substituents is 1. The first-order chi connectivity index (χ1) is 12.6. The van der Waals surface area contributed by atoms with E-state index >= 15 is 0 Å². The van der Waals surface area contributed by atoms with E-state index in [0.29, 0.717) is 5.39 Å². The van der Waals surface area contributed by atoms with Crippen molar-refractivity contribution in [2.24, 2.45) is 11.0 Å². The van der Waals surface area contributed by atoms with Gasteiger partial charge < -0.3 is 0 Å². The third-order valence-corrected chi connectivity index (χ3v) is 4.76. The number of hydrazone groups is 1. The number of rotatable bonds is 3. The number of imide groups is 1. The van der Waals surface area contributed by atoms with E-state index in [9.17, 15) is 19.7 Å². The lowest BCUT2D eigenvalue weighted by atomic mass is 9.94. The van der Waals surface area contributed by atoms with Crippen LogP contribution in [0.2, 0.25) is 0 Å². The van der Waals surface area contributed by atoms with E-state index in [1.165, 1.54) is 12.1 Å². The molecule has 0 saturated carbocycles. The van der Waals surface area contributed by atoms with E-state index in [2.05, 4.69) is 17.3 Å². The Balaban J connectivity index is 1.79. The molecule has 0 bridgehead atoms. The molecule has 1 heterocycles. The van der Waals surface area contributed by atoms with Crippen LogP contribution in [0.1, 0.15) is 40.0 Å². The molecule has 2 aromatic carbocycles. The summed E-state index contributed by atoms with van der Waals surface area (Å²) in [6.07, 6.45) is 8.52. The Morgan fingerprint density at radius 2 is 1.88 bits per heavy atom. The van der Waals surface area contributed by atoms with E-state index in [1.807, 2.05) is 0 Å². The van der Waals surface area contributed by atoms with Gasteiger partial charge in [-0.15, -0.1) is 0 Å². The molecule has 7 heteroatoms. The number of nitro groups is 1. The van der Waals surface area contributed by atoms with E-state index in [1.54, 1.807) is 24.4 Å². The third-order valence-electron chi connectivity index (χ3n) is 4.76. The molecular formula is C19H15N3O4. The van der Waals surface area contributed by atoms with Crippen LogP contribution in [0.3, 0.4) is 0 Å². The number of benzene rings is 2. The Morgan fingerprint density at radius 1 is 1.12 bits per heavy atom. The quantitative estimate of drug-likeness (QED) is 0.278. The highest BCUT2D eigenvalue weighted by Crippen LogP contribution is 2.35. The molecule has 1 unspecified atom stereocenters. The molecule has 0 fully saturated rings. The summed E-state index contributed by atoms with van der Waals surface area (Å²) >= 11 is 0. The average Bonchev–Trinajstić information content (AvgIpc) is 2.66. The number of nitrogens with zero attached hydrogens (tertiary/aromatic N) is 3. The van der Waals surface area contributed by atoms with E-state index < -0.39 is 16.7 Å². The van der Waals surface area contributed by atoms with E-state index in [0.717, 1.165) is 24.3 Å². The summed E-state index contributed by atoms with van der Waals surface area (Å²) in [4.78, 5) is 36.3. The number of non-ortho nitro benzene ring substituents is 1. The standard InChI is InChI=1S/C19H15N3O4/c23-18-14-8-4-7-13-16(22(25)26)10-9-15(17(13)14)19(24)21(18)20-11-12-5-2-1-3-6-12/h1-2,4,7-12H,3,5-6H2. The van der Waals surface area contributed by atoms with Gasteiger partial charge in [-0.1, -0.05) is 18.2 Å². The Hall–Kier alpha value is -3.35. The van der Waals surface area contributed by atoms with Gasteiger partial charge in [-0.05, 0) is 43.4 Å². The van der Waals surface area contributed by atoms with Crippen LogP contribution in [0.25, 0.3) is 10.8 Å². The minimum atomic E-state index is -0.559. The van der Waals surface area contributed by atoms with Crippen LogP contribution in [0.4, 0.5) is 5.69 Å². The molecule has 2 aliphatic rings. The molecule has 1 aliphatic carbocycles. The van der Waals surface area contributed by atoms with Crippen molar-refractivity contribution in [1.82, 2.24) is 5.01 Å². The summed E-state index contributed by atoms with van der Waals surface area (Å²) in [5.41, 5.74) is 0.375. The lowest BCUT2D eigenvalue weighted by Crippen LogP contribution is -2.36. The molecule has 0 aromatic heterocycles. The zero-order valence-electron chi connectivity index (χ0n) is 13.8. The van der Waals surface area contributed by atoms with Gasteiger partial charge in [0, 0.05) is 17.7 Å². The van der Waals surface area contributed by atoms with Crippen LogP contribution >= 0.6 is 0 Å². The summed E-state index contributed by atoms with van der Waals surface area (Å²) in [6.45, 7) is 0. The van der Waals surface area contributed by atoms with Crippen LogP contribution in [0.5, 0.6) is 0 Å². The first-order valence-electron chi connectivity index (χ1n) is 8.36. The van der Waals surface area contributed by atoms with Crippen molar-refractivity contribution >= 4 is 34.5 Å². The first-order valence-corrected chi connectivity index (χ1v) is 8.36. The molecule has 4 rings (SSSR count). The fourth-order valence-electron chi connectivity index (χ4n) is 3.45. The molecule has 2 amide bonds. The summed E-state index contributed by atoms with van der Waals surface area (Å²) < 4.78 is 0. The van der Waals surface area contributed by atoms with Crippen LogP contribution < -0.4 is 0 Å². The second-order valence-electron chi connectivity index (χ2n) is 6.35. The second kappa shape index (κ2) is 6.18. The van der Waals surface area contributed by atoms with Gasteiger partial charge >= 0.3 is 0 Å². The smallest absolute Gasteiger partial charge is 0.267 e. The normalized spacial score (nSPS) is 19.5. The van der Waals surface area contributed by atoms with Gasteiger partial charge in [0.25, 0.3) is 17.5 Å². The minimum absolute atomic E-state index is 0.128. The van der Waals surface area contributed by atoms with Crippen molar-refractivity contribution in [2.45, 2.75) is 19.3 Å². The van der Waals surface area contributed by atoms with E-state index in [-0.39, 0.29) is 28.1 Å². The average molecular weight is 349 g/mol. The Morgan fingerprint density at radius 3 is 2.58 bits per heavy atom. The number of carbonyl (C=O) groups is 2. The number of amides is 2. The predicted molar refractivity (Wildman–Crippen MR) is 96.1 cm³/mol. The van der Waals surface area contributed by atoms with Crippen molar-refractivity contribution in [3.8, 4) is 0 Å². The van der Waals surface area contributed by atoms with Crippen LogP contribution in [0, 0.1) is 16.0 Å². The van der Waals surface area contributed by atoms with Crippen molar-refractivity contribution in [3.05, 3.63) is 63.7 Å². The van der Waals surface area contributed by atoms with Gasteiger partial charge in [0.1, 0.15) is 0 Å². The summed E-state index contributed by atoms with van der Waals surface area (Å²) in [7, 11) is 0. The molecule has 2 aromatic rings. The molecule has 1 aliphatic heterocycles. The SMILES string of the molecule is O=C1c2cccc3c([N+](=O)[O-])ccc(c23)C(=O)N1N=CC1CC=CCC1. The molecule has 26 heavy (non-hydrogen) atoms. The molecule has 0 radical (unpaired) electrons. The largest absolute Gasteiger partial charge is 0.282 e. The fraction of sp³-hybridized carbons (Fsp3) is 0.211. The van der Waals surface area contributed by atoms with Crippen molar-refractivity contribution in [2.75, 3.05) is 0 Å². The Kier molecular flexibility index (Phi) is 3.84. The second-order valence-corrected chi connectivity index (χ2v) is 6.35. The number of hydrogen-bond acceptors (Lipinski definition) is 5. The zero-order valence-corrected chi connectivity index (χ0v) is 13.8. The Labute approximate surface area is 148 Å². The van der Waals surface area contributed by atoms with E-state index in [4.69, 9.17) is 0 Å². The number of allylic oxidation sites excluding steroid dienone is 2. The zero-order chi connectivity index (χ0) is 18.3. The lowest BCUT2D eigenvalue weighted by molar-refractivity contribution is -0.383. The highest BCUT2D eigenvalue weighted by Gasteiger charge is 2.34. The molecule has 0 saturated heterocycles. The molecule has 0 spiro atoms. The number of carbonyl (C=O) groups excluding carboxylic acids is 2. The van der Waals surface area contributed by atoms with Crippen LogP contribution in [-0.2, 0) is 0 Å². The molecule has 7 nitrogen and oxygen atoms in total. The van der Waals surface area contributed by atoms with Crippen molar-refractivity contribution in [1.29, 1.82) is 0 Å². The fourth-order valence-corrected chi connectivity index (χ4v) is 3.45. The monoisotopic (exact) mass is 349 g/mol. The summed E-state index contributed by atoms with van der Waals surface area (Å²) in [5.74, 6) is -0.929. The summed E-state index contributed by atoms with van der Waals surface area (Å²) in [5, 5.41) is 16.9. The van der Waals surface area contributed by atoms with Gasteiger partial charge in [-0.25, -0.2) is 0 Å². The Bertz CT molecular complexity index is 987. The van der Waals surface area contributed by atoms with Gasteiger partial charge in [0.05, 0.1) is 21.4 Å². The van der Waals surface area contributed by atoms with Gasteiger partial charge in [-0.2, -0.15) is 10.1 Å². The maximum atomic E-state index is 12.8. The van der Waals surface area contributed by atoms with Crippen LogP contribution in [0.15, 0.2) is 47.6 Å². The maximum Gasteiger partial charge on any atom is 0.282 e. The first kappa shape index (κ1) is 16.1. The van der Waals surface area contributed by atoms with Crippen molar-refractivity contribution < 1.29 is 14.5 Å². The minimum Gasteiger partial charge on any atom is -0.267 e. The highest BCUT2D eigenvalue weighted by molar-refractivity contribution is 6.26. The van der Waals surface area contributed by atoms with Crippen molar-refractivity contribution in [3.63, 3.8) is 0 Å². The number of hydrogen-bond donors (Lipinski definition) is 0. The molecule has 1 atom stereocenters. The summed E-state index contributed by atoms with van der Waals surface area (Å²) in [6, 6.07) is 7.38. The highest BCUT2D eigenvalue weighted by atomic mass is 16.6. The molecular weight excluding hydrogens is 334 g/mol. The third kappa shape index (κ3) is 2.48. The van der Waals surface area contributed by atoms with Gasteiger partial charge in [-0.3, -0.25) is 19.7 Å².